The number of methoxy groups -OCH3 is 1. The molecule has 27 heavy (non-hydrogen) atoms. The lowest BCUT2D eigenvalue weighted by Crippen LogP contribution is -2.29. The summed E-state index contributed by atoms with van der Waals surface area (Å²) < 4.78 is 34.0. The summed E-state index contributed by atoms with van der Waals surface area (Å²) >= 11 is 1.55. The van der Waals surface area contributed by atoms with E-state index in [1.165, 1.54) is 30.2 Å². The second kappa shape index (κ2) is 9.72. The number of amides is 1. The van der Waals surface area contributed by atoms with Crippen molar-refractivity contribution in [1.29, 1.82) is 0 Å². The first-order valence-electron chi connectivity index (χ1n) is 7.74. The highest BCUT2D eigenvalue weighted by atomic mass is 32.1. The maximum absolute atomic E-state index is 12.3. The molecule has 0 radical (unpaired) electrons. The SMILES string of the molecule is COc1cc(/C(N)=N/OCC(=O)N(C)Cc2ccsc2)ccc1OC(F)F. The van der Waals surface area contributed by atoms with Gasteiger partial charge in [0.25, 0.3) is 5.91 Å². The number of ether oxygens (including phenoxy) is 2. The Bertz CT molecular complexity index is 784. The van der Waals surface area contributed by atoms with Crippen LogP contribution in [0.5, 0.6) is 11.5 Å². The van der Waals surface area contributed by atoms with Gasteiger partial charge in [-0.3, -0.25) is 4.79 Å². The summed E-state index contributed by atoms with van der Waals surface area (Å²) in [6, 6.07) is 6.01. The van der Waals surface area contributed by atoms with Crippen LogP contribution < -0.4 is 15.2 Å². The Morgan fingerprint density at radius 2 is 2.11 bits per heavy atom. The highest BCUT2D eigenvalue weighted by molar-refractivity contribution is 7.07. The summed E-state index contributed by atoms with van der Waals surface area (Å²) in [5.74, 6) is -0.367. The number of nitrogens with two attached hydrogens (primary N) is 1. The lowest BCUT2D eigenvalue weighted by molar-refractivity contribution is -0.135. The number of amidine groups is 1. The Balaban J connectivity index is 1.93. The van der Waals surface area contributed by atoms with Crippen molar-refractivity contribution in [3.05, 3.63) is 46.2 Å². The zero-order valence-electron chi connectivity index (χ0n) is 14.7. The molecular formula is C17H19F2N3O4S. The number of alkyl halides is 2. The van der Waals surface area contributed by atoms with E-state index in [0.29, 0.717) is 12.1 Å². The average molecular weight is 399 g/mol. The van der Waals surface area contributed by atoms with Crippen LogP contribution in [0.2, 0.25) is 0 Å². The number of nitrogens with zero attached hydrogens (tertiary/aromatic N) is 2. The number of likely N-dealkylation sites (N-methyl/N-ethyl adjacent to an activating group) is 1. The van der Waals surface area contributed by atoms with Gasteiger partial charge in [-0.2, -0.15) is 20.1 Å². The zero-order chi connectivity index (χ0) is 19.8. The van der Waals surface area contributed by atoms with Crippen LogP contribution in [0.4, 0.5) is 8.78 Å². The van der Waals surface area contributed by atoms with E-state index in [1.807, 2.05) is 16.8 Å². The van der Waals surface area contributed by atoms with E-state index < -0.39 is 6.61 Å². The van der Waals surface area contributed by atoms with Crippen molar-refractivity contribution in [3.8, 4) is 11.5 Å². The Morgan fingerprint density at radius 1 is 1.33 bits per heavy atom. The summed E-state index contributed by atoms with van der Waals surface area (Å²) in [5.41, 5.74) is 7.19. The number of carbonyl (C=O) groups is 1. The van der Waals surface area contributed by atoms with E-state index in [-0.39, 0.29) is 29.8 Å². The molecule has 0 aliphatic carbocycles. The van der Waals surface area contributed by atoms with Gasteiger partial charge in [-0.05, 0) is 40.6 Å². The quantitative estimate of drug-likeness (QED) is 0.398. The molecule has 0 unspecified atom stereocenters. The summed E-state index contributed by atoms with van der Waals surface area (Å²) in [7, 11) is 2.96. The molecule has 0 aliphatic rings. The molecule has 1 amide bonds. The van der Waals surface area contributed by atoms with Crippen LogP contribution in [0, 0.1) is 0 Å². The number of hydrogen-bond acceptors (Lipinski definition) is 6. The number of rotatable bonds is 9. The van der Waals surface area contributed by atoms with Gasteiger partial charge in [0.15, 0.2) is 23.9 Å². The van der Waals surface area contributed by atoms with Crippen LogP contribution in [-0.4, -0.2) is 44.0 Å². The minimum Gasteiger partial charge on any atom is -0.493 e. The van der Waals surface area contributed by atoms with Crippen molar-refractivity contribution in [3.63, 3.8) is 0 Å². The Hall–Kier alpha value is -2.88. The number of thiophene rings is 1. The van der Waals surface area contributed by atoms with Gasteiger partial charge in [0.2, 0.25) is 0 Å². The van der Waals surface area contributed by atoms with Crippen LogP contribution in [0.25, 0.3) is 0 Å². The number of hydrogen-bond donors (Lipinski definition) is 1. The molecule has 1 aromatic carbocycles. The molecular weight excluding hydrogens is 380 g/mol. The summed E-state index contributed by atoms with van der Waals surface area (Å²) in [4.78, 5) is 18.5. The molecule has 1 aromatic heterocycles. The molecule has 0 fully saturated rings. The Kier molecular flexibility index (Phi) is 7.35. The van der Waals surface area contributed by atoms with E-state index in [9.17, 15) is 13.6 Å². The van der Waals surface area contributed by atoms with Crippen molar-refractivity contribution in [1.82, 2.24) is 4.90 Å². The first-order chi connectivity index (χ1) is 12.9. The van der Waals surface area contributed by atoms with E-state index >= 15 is 0 Å². The third-order valence-corrected chi connectivity index (χ3v) is 4.18. The van der Waals surface area contributed by atoms with E-state index in [1.54, 1.807) is 18.4 Å². The van der Waals surface area contributed by atoms with Crippen molar-refractivity contribution in [2.45, 2.75) is 13.2 Å². The largest absolute Gasteiger partial charge is 0.493 e. The van der Waals surface area contributed by atoms with Gasteiger partial charge in [0.1, 0.15) is 0 Å². The summed E-state index contributed by atoms with van der Waals surface area (Å²) in [6.07, 6.45) is 0. The lowest BCUT2D eigenvalue weighted by Gasteiger charge is -2.15. The number of halogens is 2. The van der Waals surface area contributed by atoms with Gasteiger partial charge >= 0.3 is 6.61 Å². The van der Waals surface area contributed by atoms with Crippen molar-refractivity contribution < 1.29 is 27.9 Å². The van der Waals surface area contributed by atoms with E-state index in [0.717, 1.165) is 5.56 Å². The molecule has 0 bridgehead atoms. The Labute approximate surface area is 158 Å². The summed E-state index contributed by atoms with van der Waals surface area (Å²) in [5, 5.41) is 7.57. The maximum atomic E-state index is 12.3. The second-order valence-corrected chi connectivity index (χ2v) is 6.16. The minimum atomic E-state index is -2.98. The monoisotopic (exact) mass is 399 g/mol. The van der Waals surface area contributed by atoms with Crippen molar-refractivity contribution in [2.24, 2.45) is 10.9 Å². The highest BCUT2D eigenvalue weighted by Crippen LogP contribution is 2.29. The fraction of sp³-hybridized carbons (Fsp3) is 0.294. The predicted molar refractivity (Wildman–Crippen MR) is 97.1 cm³/mol. The molecule has 0 saturated carbocycles. The van der Waals surface area contributed by atoms with Gasteiger partial charge in [-0.1, -0.05) is 5.16 Å². The van der Waals surface area contributed by atoms with Crippen LogP contribution in [0.1, 0.15) is 11.1 Å². The molecule has 0 atom stereocenters. The topological polar surface area (TPSA) is 86.4 Å². The van der Waals surface area contributed by atoms with Gasteiger partial charge in [-0.25, -0.2) is 0 Å². The van der Waals surface area contributed by atoms with Gasteiger partial charge in [-0.15, -0.1) is 0 Å². The molecule has 1 heterocycles. The van der Waals surface area contributed by atoms with Crippen LogP contribution in [-0.2, 0) is 16.2 Å². The zero-order valence-corrected chi connectivity index (χ0v) is 15.5. The summed E-state index contributed by atoms with van der Waals surface area (Å²) in [6.45, 7) is -2.80. The van der Waals surface area contributed by atoms with Crippen molar-refractivity contribution >= 4 is 23.1 Å². The van der Waals surface area contributed by atoms with Crippen LogP contribution in [0.3, 0.4) is 0 Å². The fourth-order valence-electron chi connectivity index (χ4n) is 2.08. The predicted octanol–water partition coefficient (Wildman–Crippen LogP) is 2.65. The maximum Gasteiger partial charge on any atom is 0.387 e. The Morgan fingerprint density at radius 3 is 2.74 bits per heavy atom. The lowest BCUT2D eigenvalue weighted by atomic mass is 10.2. The van der Waals surface area contributed by atoms with Crippen LogP contribution >= 0.6 is 11.3 Å². The number of oxime groups is 1. The first kappa shape index (κ1) is 20.4. The molecule has 10 heteroatoms. The number of carbonyl (C=O) groups excluding carboxylic acids is 1. The van der Waals surface area contributed by atoms with Crippen LogP contribution in [0.15, 0.2) is 40.2 Å². The van der Waals surface area contributed by atoms with Gasteiger partial charge < -0.3 is 24.9 Å². The van der Waals surface area contributed by atoms with E-state index in [2.05, 4.69) is 9.89 Å². The molecule has 0 spiro atoms. The molecule has 0 aliphatic heterocycles. The third-order valence-electron chi connectivity index (χ3n) is 3.45. The minimum absolute atomic E-state index is 0.0369. The highest BCUT2D eigenvalue weighted by Gasteiger charge is 2.13. The number of benzene rings is 1. The molecule has 2 N–H and O–H groups in total. The second-order valence-electron chi connectivity index (χ2n) is 5.38. The standard InChI is InChI=1S/C17H19F2N3O4S/c1-22(8-11-5-6-27-10-11)15(23)9-25-21-16(20)12-3-4-13(26-17(18)19)14(7-12)24-2/h3-7,10,17H,8-9H2,1-2H3,(H2,20,21). The smallest absolute Gasteiger partial charge is 0.387 e. The third kappa shape index (κ3) is 6.10. The van der Waals surface area contributed by atoms with Gasteiger partial charge in [0.05, 0.1) is 7.11 Å². The fourth-order valence-corrected chi connectivity index (χ4v) is 2.74. The normalized spacial score (nSPS) is 11.4. The molecule has 2 rings (SSSR count). The van der Waals surface area contributed by atoms with E-state index in [4.69, 9.17) is 15.3 Å². The molecule has 0 saturated heterocycles. The molecule has 7 nitrogen and oxygen atoms in total. The molecule has 2 aromatic rings. The molecule has 146 valence electrons. The van der Waals surface area contributed by atoms with Crippen molar-refractivity contribution in [2.75, 3.05) is 20.8 Å². The average Bonchev–Trinajstić information content (AvgIpc) is 3.14. The van der Waals surface area contributed by atoms with Gasteiger partial charge in [0, 0.05) is 19.2 Å². The first-order valence-corrected chi connectivity index (χ1v) is 8.68.